The van der Waals surface area contributed by atoms with Crippen LogP contribution in [0.25, 0.3) is 0 Å². The summed E-state index contributed by atoms with van der Waals surface area (Å²) in [5, 5.41) is 0. The molecule has 3 heteroatoms. The van der Waals surface area contributed by atoms with Gasteiger partial charge in [-0.15, -0.1) is 0 Å². The van der Waals surface area contributed by atoms with E-state index >= 15 is 0 Å². The molecule has 20 heavy (non-hydrogen) atoms. The van der Waals surface area contributed by atoms with E-state index in [2.05, 4.69) is 4.90 Å². The van der Waals surface area contributed by atoms with E-state index in [0.29, 0.717) is 24.9 Å². The second-order valence-corrected chi connectivity index (χ2v) is 7.43. The summed E-state index contributed by atoms with van der Waals surface area (Å²) in [6, 6.07) is 0.565. The predicted molar refractivity (Wildman–Crippen MR) is 81.3 cm³/mol. The van der Waals surface area contributed by atoms with Gasteiger partial charge in [0.15, 0.2) is 0 Å². The van der Waals surface area contributed by atoms with Gasteiger partial charge in [0.1, 0.15) is 0 Å². The SMILES string of the molecule is NCC1(CC(=O)N2CCCC2C2CCC2)CCCCC1. The first kappa shape index (κ1) is 14.4. The fraction of sp³-hybridized carbons (Fsp3) is 0.941. The monoisotopic (exact) mass is 278 g/mol. The van der Waals surface area contributed by atoms with Crippen LogP contribution in [-0.4, -0.2) is 29.9 Å². The minimum atomic E-state index is 0.127. The van der Waals surface area contributed by atoms with Crippen LogP contribution < -0.4 is 5.73 Å². The molecule has 1 saturated heterocycles. The molecule has 0 spiro atoms. The molecule has 1 heterocycles. The zero-order chi connectivity index (χ0) is 14.0. The number of nitrogens with two attached hydrogens (primary N) is 1. The van der Waals surface area contributed by atoms with Gasteiger partial charge in [-0.05, 0) is 56.4 Å². The van der Waals surface area contributed by atoms with Crippen molar-refractivity contribution in [1.29, 1.82) is 0 Å². The van der Waals surface area contributed by atoms with Gasteiger partial charge in [0.25, 0.3) is 0 Å². The maximum Gasteiger partial charge on any atom is 0.223 e. The molecule has 3 aliphatic rings. The van der Waals surface area contributed by atoms with Crippen LogP contribution in [0.5, 0.6) is 0 Å². The van der Waals surface area contributed by atoms with Gasteiger partial charge in [-0.1, -0.05) is 25.7 Å². The van der Waals surface area contributed by atoms with E-state index in [9.17, 15) is 4.79 Å². The van der Waals surface area contributed by atoms with Crippen LogP contribution in [-0.2, 0) is 4.79 Å². The van der Waals surface area contributed by atoms with E-state index in [0.717, 1.165) is 25.3 Å². The fourth-order valence-electron chi connectivity index (χ4n) is 4.59. The quantitative estimate of drug-likeness (QED) is 0.859. The van der Waals surface area contributed by atoms with Crippen molar-refractivity contribution in [2.24, 2.45) is 17.1 Å². The standard InChI is InChI=1S/C17H30N2O/c18-13-17(9-2-1-3-10-17)12-16(20)19-11-5-8-15(19)14-6-4-7-14/h14-15H,1-13,18H2. The van der Waals surface area contributed by atoms with Crippen molar-refractivity contribution in [3.63, 3.8) is 0 Å². The van der Waals surface area contributed by atoms with Crippen LogP contribution in [0.4, 0.5) is 0 Å². The van der Waals surface area contributed by atoms with Gasteiger partial charge >= 0.3 is 0 Å². The number of hydrogen-bond acceptors (Lipinski definition) is 2. The third-order valence-electron chi connectivity index (χ3n) is 6.19. The fourth-order valence-corrected chi connectivity index (χ4v) is 4.59. The van der Waals surface area contributed by atoms with Crippen molar-refractivity contribution in [3.8, 4) is 0 Å². The van der Waals surface area contributed by atoms with Gasteiger partial charge < -0.3 is 10.6 Å². The number of nitrogens with zero attached hydrogens (tertiary/aromatic N) is 1. The van der Waals surface area contributed by atoms with Gasteiger partial charge in [-0.25, -0.2) is 0 Å². The van der Waals surface area contributed by atoms with Gasteiger partial charge in [0.2, 0.25) is 5.91 Å². The van der Waals surface area contributed by atoms with Crippen LogP contribution in [0.1, 0.15) is 70.6 Å². The first-order valence-electron chi connectivity index (χ1n) is 8.74. The smallest absolute Gasteiger partial charge is 0.223 e. The summed E-state index contributed by atoms with van der Waals surface area (Å²) in [5.74, 6) is 1.22. The zero-order valence-electron chi connectivity index (χ0n) is 12.8. The lowest BCUT2D eigenvalue weighted by atomic mass is 9.71. The maximum absolute atomic E-state index is 12.8. The Hall–Kier alpha value is -0.570. The van der Waals surface area contributed by atoms with Gasteiger partial charge in [-0.3, -0.25) is 4.79 Å². The van der Waals surface area contributed by atoms with Gasteiger partial charge in [-0.2, -0.15) is 0 Å². The van der Waals surface area contributed by atoms with Crippen LogP contribution in [0, 0.1) is 11.3 Å². The molecule has 0 radical (unpaired) electrons. The van der Waals surface area contributed by atoms with Crippen molar-refractivity contribution < 1.29 is 4.79 Å². The molecule has 1 aliphatic heterocycles. The summed E-state index contributed by atoms with van der Waals surface area (Å²) in [6.45, 7) is 1.70. The lowest BCUT2D eigenvalue weighted by molar-refractivity contribution is -0.136. The summed E-state index contributed by atoms with van der Waals surface area (Å²) in [4.78, 5) is 15.0. The zero-order valence-corrected chi connectivity index (χ0v) is 12.8. The second kappa shape index (κ2) is 6.05. The number of amides is 1. The highest BCUT2D eigenvalue weighted by atomic mass is 16.2. The van der Waals surface area contributed by atoms with E-state index in [-0.39, 0.29) is 5.41 Å². The molecule has 0 aromatic carbocycles. The van der Waals surface area contributed by atoms with Crippen molar-refractivity contribution in [2.45, 2.75) is 76.7 Å². The Balaban J connectivity index is 1.62. The molecule has 1 unspecified atom stereocenters. The number of likely N-dealkylation sites (tertiary alicyclic amines) is 1. The molecule has 0 aromatic rings. The number of hydrogen-bond donors (Lipinski definition) is 1. The third kappa shape index (κ3) is 2.74. The molecule has 0 aromatic heterocycles. The molecule has 2 saturated carbocycles. The van der Waals surface area contributed by atoms with Crippen molar-refractivity contribution in [1.82, 2.24) is 4.90 Å². The summed E-state index contributed by atoms with van der Waals surface area (Å²) < 4.78 is 0. The van der Waals surface area contributed by atoms with E-state index in [1.807, 2.05) is 0 Å². The van der Waals surface area contributed by atoms with Crippen LogP contribution in [0.3, 0.4) is 0 Å². The van der Waals surface area contributed by atoms with E-state index in [1.165, 1.54) is 51.4 Å². The van der Waals surface area contributed by atoms with Crippen molar-refractivity contribution >= 4 is 5.91 Å². The van der Waals surface area contributed by atoms with Crippen LogP contribution in [0.2, 0.25) is 0 Å². The summed E-state index contributed by atoms with van der Waals surface area (Å²) in [5.41, 5.74) is 6.17. The first-order valence-corrected chi connectivity index (χ1v) is 8.74. The highest BCUT2D eigenvalue weighted by Crippen LogP contribution is 2.41. The molecule has 1 atom stereocenters. The van der Waals surface area contributed by atoms with E-state index in [1.54, 1.807) is 0 Å². The minimum Gasteiger partial charge on any atom is -0.339 e. The minimum absolute atomic E-state index is 0.127. The molecule has 1 amide bonds. The highest BCUT2D eigenvalue weighted by Gasteiger charge is 2.40. The van der Waals surface area contributed by atoms with Gasteiger partial charge in [0, 0.05) is 19.0 Å². The maximum atomic E-state index is 12.8. The summed E-state index contributed by atoms with van der Waals surface area (Å²) in [6.07, 6.45) is 13.4. The lowest BCUT2D eigenvalue weighted by Gasteiger charge is -2.40. The Labute approximate surface area is 123 Å². The molecular weight excluding hydrogens is 248 g/mol. The van der Waals surface area contributed by atoms with Crippen LogP contribution in [0.15, 0.2) is 0 Å². The molecule has 2 aliphatic carbocycles. The Morgan fingerprint density at radius 3 is 2.40 bits per heavy atom. The predicted octanol–water partition coefficient (Wildman–Crippen LogP) is 3.08. The Morgan fingerprint density at radius 1 is 1.05 bits per heavy atom. The molecule has 3 fully saturated rings. The Kier molecular flexibility index (Phi) is 4.34. The molecule has 0 bridgehead atoms. The van der Waals surface area contributed by atoms with Crippen molar-refractivity contribution in [2.75, 3.05) is 13.1 Å². The molecular formula is C17H30N2O. The van der Waals surface area contributed by atoms with Gasteiger partial charge in [0.05, 0.1) is 0 Å². The Bertz CT molecular complexity index is 345. The summed E-state index contributed by atoms with van der Waals surface area (Å²) >= 11 is 0. The largest absolute Gasteiger partial charge is 0.339 e. The average molecular weight is 278 g/mol. The second-order valence-electron chi connectivity index (χ2n) is 7.43. The normalized spacial score (nSPS) is 30.2. The first-order chi connectivity index (χ1) is 9.74. The van der Waals surface area contributed by atoms with Crippen molar-refractivity contribution in [3.05, 3.63) is 0 Å². The van der Waals surface area contributed by atoms with E-state index in [4.69, 9.17) is 5.73 Å². The lowest BCUT2D eigenvalue weighted by Crippen LogP contribution is -2.45. The molecule has 114 valence electrons. The van der Waals surface area contributed by atoms with E-state index < -0.39 is 0 Å². The number of rotatable bonds is 4. The Morgan fingerprint density at radius 2 is 1.80 bits per heavy atom. The third-order valence-corrected chi connectivity index (χ3v) is 6.19. The molecule has 3 rings (SSSR count). The topological polar surface area (TPSA) is 46.3 Å². The number of carbonyl (C=O) groups is 1. The van der Waals surface area contributed by atoms with Crippen LogP contribution >= 0.6 is 0 Å². The molecule has 2 N–H and O–H groups in total. The highest BCUT2D eigenvalue weighted by molar-refractivity contribution is 5.77. The molecule has 3 nitrogen and oxygen atoms in total. The number of carbonyl (C=O) groups excluding carboxylic acids is 1. The average Bonchev–Trinajstić information content (AvgIpc) is 2.87. The summed E-state index contributed by atoms with van der Waals surface area (Å²) in [7, 11) is 0.